The van der Waals surface area contributed by atoms with Crippen molar-refractivity contribution in [1.29, 1.82) is 0 Å². The van der Waals surface area contributed by atoms with Crippen molar-refractivity contribution >= 4 is 5.91 Å². The zero-order valence-corrected chi connectivity index (χ0v) is 11.9. The third-order valence-electron chi connectivity index (χ3n) is 3.82. The van der Waals surface area contributed by atoms with Crippen LogP contribution in [0.4, 0.5) is 0 Å². The minimum Gasteiger partial charge on any atom is -0.356 e. The van der Waals surface area contributed by atoms with Crippen LogP contribution in [0.5, 0.6) is 0 Å². The molecule has 3 nitrogen and oxygen atoms in total. The van der Waals surface area contributed by atoms with Crippen LogP contribution in [0.1, 0.15) is 52.4 Å². The molecule has 0 aromatic heterocycles. The Kier molecular flexibility index (Phi) is 6.41. The molecule has 1 aliphatic rings. The Labute approximate surface area is 111 Å². The molecule has 0 saturated carbocycles. The quantitative estimate of drug-likeness (QED) is 0.684. The summed E-state index contributed by atoms with van der Waals surface area (Å²) in [5.41, 5.74) is 5.75. The number of amides is 1. The molecule has 0 heterocycles. The average molecular weight is 252 g/mol. The zero-order chi connectivity index (χ0) is 13.4. The van der Waals surface area contributed by atoms with Crippen LogP contribution in [0.15, 0.2) is 12.2 Å². The van der Waals surface area contributed by atoms with Gasteiger partial charge in [0.05, 0.1) is 0 Å². The molecule has 0 radical (unpaired) electrons. The molecule has 0 bridgehead atoms. The molecule has 104 valence electrons. The molecule has 0 aromatic rings. The van der Waals surface area contributed by atoms with E-state index in [1.54, 1.807) is 0 Å². The molecule has 1 unspecified atom stereocenters. The summed E-state index contributed by atoms with van der Waals surface area (Å²) >= 11 is 0. The summed E-state index contributed by atoms with van der Waals surface area (Å²) in [7, 11) is 0. The summed E-state index contributed by atoms with van der Waals surface area (Å²) in [6.07, 6.45) is 10.4. The SMILES string of the molecule is CC(C)(CCN)CCC(=O)NCC1CC=CCC1. The summed E-state index contributed by atoms with van der Waals surface area (Å²) in [5, 5.41) is 3.06. The molecule has 1 aliphatic carbocycles. The van der Waals surface area contributed by atoms with E-state index in [1.165, 1.54) is 6.42 Å². The van der Waals surface area contributed by atoms with E-state index >= 15 is 0 Å². The fourth-order valence-electron chi connectivity index (χ4n) is 2.36. The number of rotatable bonds is 7. The van der Waals surface area contributed by atoms with Gasteiger partial charge in [0.2, 0.25) is 5.91 Å². The van der Waals surface area contributed by atoms with Gasteiger partial charge in [-0.2, -0.15) is 0 Å². The van der Waals surface area contributed by atoms with Crippen molar-refractivity contribution < 1.29 is 4.79 Å². The predicted octanol–water partition coefficient (Wildman–Crippen LogP) is 2.61. The van der Waals surface area contributed by atoms with Crippen molar-refractivity contribution in [3.05, 3.63) is 12.2 Å². The Morgan fingerprint density at radius 1 is 1.39 bits per heavy atom. The van der Waals surface area contributed by atoms with Gasteiger partial charge in [0.1, 0.15) is 0 Å². The van der Waals surface area contributed by atoms with Gasteiger partial charge in [-0.25, -0.2) is 0 Å². The molecule has 3 heteroatoms. The molecular formula is C15H28N2O. The highest BCUT2D eigenvalue weighted by Gasteiger charge is 2.18. The second-order valence-corrected chi connectivity index (χ2v) is 6.16. The van der Waals surface area contributed by atoms with Crippen LogP contribution in [-0.2, 0) is 4.79 Å². The topological polar surface area (TPSA) is 55.1 Å². The molecule has 0 spiro atoms. The molecule has 0 fully saturated rings. The Bertz CT molecular complexity index is 284. The standard InChI is InChI=1S/C15H28N2O/c1-15(2,10-11-16)9-8-14(18)17-12-13-6-4-3-5-7-13/h3-4,13H,5-12,16H2,1-2H3,(H,17,18). The van der Waals surface area contributed by atoms with Crippen LogP contribution in [0.3, 0.4) is 0 Å². The number of carbonyl (C=O) groups excluding carboxylic acids is 1. The first-order valence-electron chi connectivity index (χ1n) is 7.15. The maximum absolute atomic E-state index is 11.8. The summed E-state index contributed by atoms with van der Waals surface area (Å²) in [6.45, 7) is 5.89. The lowest BCUT2D eigenvalue weighted by Crippen LogP contribution is -2.30. The van der Waals surface area contributed by atoms with Crippen LogP contribution in [0.25, 0.3) is 0 Å². The van der Waals surface area contributed by atoms with Crippen molar-refractivity contribution in [2.75, 3.05) is 13.1 Å². The average Bonchev–Trinajstić information content (AvgIpc) is 2.35. The summed E-state index contributed by atoms with van der Waals surface area (Å²) in [5.74, 6) is 0.825. The highest BCUT2D eigenvalue weighted by atomic mass is 16.1. The van der Waals surface area contributed by atoms with Crippen molar-refractivity contribution in [2.24, 2.45) is 17.1 Å². The van der Waals surface area contributed by atoms with Crippen LogP contribution in [0.2, 0.25) is 0 Å². The van der Waals surface area contributed by atoms with E-state index in [2.05, 4.69) is 31.3 Å². The van der Waals surface area contributed by atoms with E-state index in [0.29, 0.717) is 18.9 Å². The number of allylic oxidation sites excluding steroid dienone is 2. The number of nitrogens with one attached hydrogen (secondary N) is 1. The Morgan fingerprint density at radius 3 is 2.78 bits per heavy atom. The molecule has 1 amide bonds. The van der Waals surface area contributed by atoms with Crippen molar-refractivity contribution in [2.45, 2.75) is 52.4 Å². The van der Waals surface area contributed by atoms with Gasteiger partial charge in [-0.3, -0.25) is 4.79 Å². The van der Waals surface area contributed by atoms with Gasteiger partial charge in [0.25, 0.3) is 0 Å². The third-order valence-corrected chi connectivity index (χ3v) is 3.82. The van der Waals surface area contributed by atoms with E-state index in [-0.39, 0.29) is 11.3 Å². The fourth-order valence-corrected chi connectivity index (χ4v) is 2.36. The second kappa shape index (κ2) is 7.57. The summed E-state index contributed by atoms with van der Waals surface area (Å²) in [6, 6.07) is 0. The first kappa shape index (κ1) is 15.2. The molecule has 0 aliphatic heterocycles. The minimum atomic E-state index is 0.180. The number of carbonyl (C=O) groups is 1. The van der Waals surface area contributed by atoms with Gasteiger partial charge in [0.15, 0.2) is 0 Å². The van der Waals surface area contributed by atoms with Crippen molar-refractivity contribution in [3.8, 4) is 0 Å². The Morgan fingerprint density at radius 2 is 2.17 bits per heavy atom. The number of hydrogen-bond donors (Lipinski definition) is 2. The lowest BCUT2D eigenvalue weighted by Gasteiger charge is -2.24. The zero-order valence-electron chi connectivity index (χ0n) is 11.9. The van der Waals surface area contributed by atoms with Gasteiger partial charge in [0, 0.05) is 13.0 Å². The largest absolute Gasteiger partial charge is 0.356 e. The number of hydrogen-bond acceptors (Lipinski definition) is 2. The fraction of sp³-hybridized carbons (Fsp3) is 0.800. The molecule has 18 heavy (non-hydrogen) atoms. The first-order chi connectivity index (χ1) is 8.53. The Balaban J connectivity index is 2.15. The minimum absolute atomic E-state index is 0.180. The lowest BCUT2D eigenvalue weighted by molar-refractivity contribution is -0.121. The lowest BCUT2D eigenvalue weighted by atomic mass is 9.84. The van der Waals surface area contributed by atoms with E-state index in [9.17, 15) is 4.79 Å². The van der Waals surface area contributed by atoms with Gasteiger partial charge in [-0.05, 0) is 50.0 Å². The highest BCUT2D eigenvalue weighted by Crippen LogP contribution is 2.25. The molecule has 3 N–H and O–H groups in total. The maximum Gasteiger partial charge on any atom is 0.220 e. The molecule has 0 saturated heterocycles. The molecule has 1 atom stereocenters. The van der Waals surface area contributed by atoms with Gasteiger partial charge >= 0.3 is 0 Å². The highest BCUT2D eigenvalue weighted by molar-refractivity contribution is 5.75. The van der Waals surface area contributed by atoms with Crippen molar-refractivity contribution in [1.82, 2.24) is 5.32 Å². The van der Waals surface area contributed by atoms with E-state index in [4.69, 9.17) is 5.73 Å². The number of nitrogens with two attached hydrogens (primary N) is 1. The molecular weight excluding hydrogens is 224 g/mol. The summed E-state index contributed by atoms with van der Waals surface area (Å²) in [4.78, 5) is 11.8. The van der Waals surface area contributed by atoms with E-state index < -0.39 is 0 Å². The first-order valence-corrected chi connectivity index (χ1v) is 7.15. The normalized spacial score (nSPS) is 19.8. The van der Waals surface area contributed by atoms with Crippen LogP contribution >= 0.6 is 0 Å². The van der Waals surface area contributed by atoms with Crippen LogP contribution < -0.4 is 11.1 Å². The summed E-state index contributed by atoms with van der Waals surface area (Å²) < 4.78 is 0. The van der Waals surface area contributed by atoms with E-state index in [0.717, 1.165) is 32.2 Å². The van der Waals surface area contributed by atoms with Crippen molar-refractivity contribution in [3.63, 3.8) is 0 Å². The maximum atomic E-state index is 11.8. The molecule has 0 aromatic carbocycles. The monoisotopic (exact) mass is 252 g/mol. The van der Waals surface area contributed by atoms with Gasteiger partial charge in [-0.1, -0.05) is 26.0 Å². The van der Waals surface area contributed by atoms with Crippen LogP contribution in [-0.4, -0.2) is 19.0 Å². The van der Waals surface area contributed by atoms with Gasteiger partial charge in [-0.15, -0.1) is 0 Å². The second-order valence-electron chi connectivity index (χ2n) is 6.16. The van der Waals surface area contributed by atoms with Gasteiger partial charge < -0.3 is 11.1 Å². The van der Waals surface area contributed by atoms with E-state index in [1.807, 2.05) is 0 Å². The van der Waals surface area contributed by atoms with Crippen LogP contribution in [0, 0.1) is 11.3 Å². The molecule has 1 rings (SSSR count). The smallest absolute Gasteiger partial charge is 0.220 e. The Hall–Kier alpha value is -0.830. The third kappa shape index (κ3) is 6.20. The predicted molar refractivity (Wildman–Crippen MR) is 76.2 cm³/mol.